The largest absolute Gasteiger partial charge is 0.425 e. The van der Waals surface area contributed by atoms with E-state index in [4.69, 9.17) is 4.74 Å². The summed E-state index contributed by atoms with van der Waals surface area (Å²) in [6, 6.07) is 13.6. The van der Waals surface area contributed by atoms with Gasteiger partial charge in [0.25, 0.3) is 11.5 Å². The van der Waals surface area contributed by atoms with Crippen LogP contribution in [0.1, 0.15) is 24.2 Å². The van der Waals surface area contributed by atoms with E-state index < -0.39 is 23.3 Å². The van der Waals surface area contributed by atoms with E-state index in [2.05, 4.69) is 0 Å². The number of carbonyl (C=O) groups excluding carboxylic acids is 3. The molecular formula is C22H20N2O5S. The van der Waals surface area contributed by atoms with Gasteiger partial charge in [0.15, 0.2) is 5.75 Å². The number of aryl methyl sites for hydroxylation is 1. The summed E-state index contributed by atoms with van der Waals surface area (Å²) in [6.45, 7) is 2.43. The van der Waals surface area contributed by atoms with Gasteiger partial charge in [-0.25, -0.2) is 4.90 Å². The number of imide groups is 1. The Morgan fingerprint density at radius 1 is 1.00 bits per heavy atom. The number of para-hydroxylation sites is 1. The number of amides is 2. The third-order valence-corrected chi connectivity index (χ3v) is 5.33. The number of benzene rings is 2. The van der Waals surface area contributed by atoms with Crippen LogP contribution in [0.3, 0.4) is 0 Å². The topological polar surface area (TPSA) is 85.7 Å². The quantitative estimate of drug-likeness (QED) is 0.472. The highest BCUT2D eigenvalue weighted by Crippen LogP contribution is 2.36. The molecule has 0 spiro atoms. The molecule has 0 aliphatic heterocycles. The van der Waals surface area contributed by atoms with E-state index >= 15 is 0 Å². The van der Waals surface area contributed by atoms with Crippen LogP contribution in [0.2, 0.25) is 0 Å². The number of hydrogen-bond acceptors (Lipinski definition) is 6. The van der Waals surface area contributed by atoms with Crippen LogP contribution in [0.5, 0.6) is 5.75 Å². The zero-order valence-corrected chi connectivity index (χ0v) is 17.8. The second-order valence-electron chi connectivity index (χ2n) is 6.51. The molecule has 0 aliphatic rings. The molecule has 3 aromatic rings. The summed E-state index contributed by atoms with van der Waals surface area (Å²) in [6.07, 6.45) is 1.84. The summed E-state index contributed by atoms with van der Waals surface area (Å²) in [5.41, 5.74) is -0.220. The first kappa shape index (κ1) is 21.3. The lowest BCUT2D eigenvalue weighted by molar-refractivity contribution is -0.131. The van der Waals surface area contributed by atoms with Crippen LogP contribution in [-0.4, -0.2) is 28.6 Å². The van der Waals surface area contributed by atoms with Crippen molar-refractivity contribution in [2.45, 2.75) is 18.7 Å². The highest BCUT2D eigenvalue weighted by atomic mass is 32.2. The van der Waals surface area contributed by atoms with E-state index in [1.54, 1.807) is 48.5 Å². The second kappa shape index (κ2) is 8.54. The molecule has 2 aromatic carbocycles. The van der Waals surface area contributed by atoms with Crippen molar-refractivity contribution < 1.29 is 19.1 Å². The summed E-state index contributed by atoms with van der Waals surface area (Å²) in [5, 5.41) is 0.460. The molecule has 0 N–H and O–H groups in total. The van der Waals surface area contributed by atoms with Gasteiger partial charge >= 0.3 is 5.97 Å². The van der Waals surface area contributed by atoms with Crippen LogP contribution in [0.25, 0.3) is 10.9 Å². The number of hydrogen-bond donors (Lipinski definition) is 0. The number of rotatable bonds is 4. The number of pyridine rings is 1. The minimum Gasteiger partial charge on any atom is -0.425 e. The van der Waals surface area contributed by atoms with Crippen LogP contribution in [0.4, 0.5) is 5.69 Å². The number of nitrogens with zero attached hydrogens (tertiary/aromatic N) is 2. The maximum absolute atomic E-state index is 13.5. The molecule has 154 valence electrons. The van der Waals surface area contributed by atoms with E-state index in [-0.39, 0.29) is 11.3 Å². The maximum Gasteiger partial charge on any atom is 0.308 e. The first-order chi connectivity index (χ1) is 14.3. The molecule has 0 fully saturated rings. The van der Waals surface area contributed by atoms with Gasteiger partial charge in [0, 0.05) is 25.8 Å². The van der Waals surface area contributed by atoms with Gasteiger partial charge in [-0.15, -0.1) is 11.8 Å². The first-order valence-corrected chi connectivity index (χ1v) is 10.3. The van der Waals surface area contributed by atoms with E-state index in [1.807, 2.05) is 6.26 Å². The molecule has 30 heavy (non-hydrogen) atoms. The predicted molar refractivity (Wildman–Crippen MR) is 116 cm³/mol. The van der Waals surface area contributed by atoms with Crippen molar-refractivity contribution >= 4 is 46.1 Å². The Bertz CT molecular complexity index is 1220. The van der Waals surface area contributed by atoms with E-state index in [0.717, 1.165) is 9.80 Å². The van der Waals surface area contributed by atoms with E-state index in [0.29, 0.717) is 16.6 Å². The van der Waals surface area contributed by atoms with Gasteiger partial charge < -0.3 is 9.30 Å². The second-order valence-corrected chi connectivity index (χ2v) is 7.36. The zero-order valence-electron chi connectivity index (χ0n) is 17.0. The summed E-state index contributed by atoms with van der Waals surface area (Å²) in [5.74, 6) is -2.25. The molecule has 8 heteroatoms. The Kier molecular flexibility index (Phi) is 6.07. The molecule has 1 aromatic heterocycles. The fourth-order valence-electron chi connectivity index (χ4n) is 3.26. The SMILES string of the molecule is CSc1cccc2c1c(OC(C)=O)c(C(=O)N(C(C)=O)c1ccccc1)c(=O)n2C. The number of esters is 1. The van der Waals surface area contributed by atoms with Gasteiger partial charge in [-0.05, 0) is 30.5 Å². The molecule has 7 nitrogen and oxygen atoms in total. The standard InChI is InChI=1S/C22H20N2O5S/c1-13(25)24(15-9-6-5-7-10-15)22(28)19-20(29-14(2)26)18-16(23(3)21(19)27)11-8-12-17(18)30-4/h5-12H,1-4H3. The van der Waals surface area contributed by atoms with Crippen molar-refractivity contribution in [1.82, 2.24) is 4.57 Å². The van der Waals surface area contributed by atoms with Crippen molar-refractivity contribution in [1.29, 1.82) is 0 Å². The average Bonchev–Trinajstić information content (AvgIpc) is 2.71. The molecule has 1 heterocycles. The molecule has 0 bridgehead atoms. The summed E-state index contributed by atoms with van der Waals surface area (Å²) in [4.78, 5) is 52.5. The van der Waals surface area contributed by atoms with E-state index in [9.17, 15) is 19.2 Å². The maximum atomic E-state index is 13.5. The highest BCUT2D eigenvalue weighted by molar-refractivity contribution is 7.98. The van der Waals surface area contributed by atoms with Gasteiger partial charge in [-0.3, -0.25) is 19.2 Å². The Hall–Kier alpha value is -3.39. The number of thioether (sulfide) groups is 1. The molecule has 0 saturated carbocycles. The molecule has 0 radical (unpaired) electrons. The third-order valence-electron chi connectivity index (χ3n) is 4.55. The Morgan fingerprint density at radius 2 is 1.67 bits per heavy atom. The molecule has 2 amide bonds. The molecule has 0 unspecified atom stereocenters. The summed E-state index contributed by atoms with van der Waals surface area (Å²) >= 11 is 1.39. The summed E-state index contributed by atoms with van der Waals surface area (Å²) < 4.78 is 6.72. The lowest BCUT2D eigenvalue weighted by Gasteiger charge is -2.22. The Labute approximate surface area is 177 Å². The highest BCUT2D eigenvalue weighted by Gasteiger charge is 2.31. The van der Waals surface area contributed by atoms with Crippen LogP contribution < -0.4 is 15.2 Å². The molecule has 0 atom stereocenters. The fraction of sp³-hybridized carbons (Fsp3) is 0.182. The smallest absolute Gasteiger partial charge is 0.308 e. The van der Waals surface area contributed by atoms with Gasteiger partial charge in [-0.2, -0.15) is 0 Å². The van der Waals surface area contributed by atoms with Crippen LogP contribution in [0, 0.1) is 0 Å². The lowest BCUT2D eigenvalue weighted by atomic mass is 10.1. The van der Waals surface area contributed by atoms with Gasteiger partial charge in [-0.1, -0.05) is 24.3 Å². The zero-order chi connectivity index (χ0) is 22.0. The van der Waals surface area contributed by atoms with Gasteiger partial charge in [0.05, 0.1) is 16.6 Å². The van der Waals surface area contributed by atoms with E-state index in [1.165, 1.54) is 37.2 Å². The predicted octanol–water partition coefficient (Wildman–Crippen LogP) is 3.38. The number of fused-ring (bicyclic) bond motifs is 1. The van der Waals surface area contributed by atoms with Crippen LogP contribution in [-0.2, 0) is 16.6 Å². The lowest BCUT2D eigenvalue weighted by Crippen LogP contribution is -2.40. The number of carbonyl (C=O) groups is 3. The van der Waals surface area contributed by atoms with Gasteiger partial charge in [0.1, 0.15) is 5.56 Å². The molecular weight excluding hydrogens is 404 g/mol. The Morgan fingerprint density at radius 3 is 2.23 bits per heavy atom. The normalized spacial score (nSPS) is 10.7. The van der Waals surface area contributed by atoms with Crippen LogP contribution >= 0.6 is 11.8 Å². The minimum atomic E-state index is -0.858. The molecule has 3 rings (SSSR count). The first-order valence-electron chi connectivity index (χ1n) is 9.06. The van der Waals surface area contributed by atoms with Crippen molar-refractivity contribution in [3.63, 3.8) is 0 Å². The van der Waals surface area contributed by atoms with Crippen molar-refractivity contribution in [2.75, 3.05) is 11.2 Å². The van der Waals surface area contributed by atoms with Gasteiger partial charge in [0.2, 0.25) is 5.91 Å². The van der Waals surface area contributed by atoms with Crippen molar-refractivity contribution in [2.24, 2.45) is 7.05 Å². The monoisotopic (exact) mass is 424 g/mol. The number of ether oxygens (including phenoxy) is 1. The Balaban J connectivity index is 2.40. The van der Waals surface area contributed by atoms with Crippen molar-refractivity contribution in [3.8, 4) is 5.75 Å². The number of aromatic nitrogens is 1. The molecule has 0 aliphatic carbocycles. The molecule has 0 saturated heterocycles. The number of anilines is 1. The minimum absolute atomic E-state index is 0.141. The average molecular weight is 424 g/mol. The third kappa shape index (κ3) is 3.73. The summed E-state index contributed by atoms with van der Waals surface area (Å²) in [7, 11) is 1.53. The fourth-order valence-corrected chi connectivity index (χ4v) is 3.88. The van der Waals surface area contributed by atoms with Crippen LogP contribution in [0.15, 0.2) is 58.2 Å². The van der Waals surface area contributed by atoms with Crippen molar-refractivity contribution in [3.05, 3.63) is 64.4 Å².